The third-order valence-electron chi connectivity index (χ3n) is 3.61. The first-order valence-electron chi connectivity index (χ1n) is 5.25. The van der Waals surface area contributed by atoms with E-state index in [1.807, 2.05) is 19.1 Å². The van der Waals surface area contributed by atoms with Gasteiger partial charge in [-0.05, 0) is 37.7 Å². The molecule has 2 nitrogen and oxygen atoms in total. The first-order valence-corrected chi connectivity index (χ1v) is 5.25. The van der Waals surface area contributed by atoms with Crippen LogP contribution >= 0.6 is 0 Å². The van der Waals surface area contributed by atoms with Crippen molar-refractivity contribution in [1.82, 2.24) is 0 Å². The third-order valence-corrected chi connectivity index (χ3v) is 3.61. The third kappa shape index (κ3) is 1.29. The molecular formula is C12H16O2. The molecule has 0 aliphatic heterocycles. The number of carbonyl (C=O) groups is 1. The Morgan fingerprint density at radius 2 is 2.43 bits per heavy atom. The van der Waals surface area contributed by atoms with Crippen LogP contribution in [0.2, 0.25) is 0 Å². The number of hydrogen-bond donors (Lipinski definition) is 1. The minimum Gasteiger partial charge on any atom is -0.481 e. The van der Waals surface area contributed by atoms with Crippen LogP contribution < -0.4 is 0 Å². The smallest absolute Gasteiger partial charge is 0.313 e. The van der Waals surface area contributed by atoms with Gasteiger partial charge in [0.1, 0.15) is 0 Å². The number of carboxylic acid groups (broad SMARTS) is 1. The van der Waals surface area contributed by atoms with E-state index in [0.717, 1.165) is 31.3 Å². The van der Waals surface area contributed by atoms with Crippen molar-refractivity contribution in [3.63, 3.8) is 0 Å². The lowest BCUT2D eigenvalue weighted by atomic mass is 9.65. The summed E-state index contributed by atoms with van der Waals surface area (Å²) in [5.74, 6) is -0.182. The molecule has 2 aliphatic rings. The molecule has 1 saturated carbocycles. The second-order valence-corrected chi connectivity index (χ2v) is 4.51. The molecule has 0 bridgehead atoms. The predicted molar refractivity (Wildman–Crippen MR) is 54.9 cm³/mol. The van der Waals surface area contributed by atoms with Crippen molar-refractivity contribution < 1.29 is 9.90 Å². The highest BCUT2D eigenvalue weighted by atomic mass is 16.4. The van der Waals surface area contributed by atoms with Crippen molar-refractivity contribution >= 4 is 5.97 Å². The molecule has 2 aliphatic carbocycles. The number of fused-ring (bicyclic) bond motifs is 1. The van der Waals surface area contributed by atoms with E-state index in [4.69, 9.17) is 0 Å². The summed E-state index contributed by atoms with van der Waals surface area (Å²) < 4.78 is 0. The fraction of sp³-hybridized carbons (Fsp3) is 0.583. The van der Waals surface area contributed by atoms with Gasteiger partial charge in [-0.15, -0.1) is 0 Å². The van der Waals surface area contributed by atoms with E-state index in [-0.39, 0.29) is 0 Å². The van der Waals surface area contributed by atoms with Gasteiger partial charge in [-0.1, -0.05) is 24.6 Å². The molecule has 76 valence electrons. The van der Waals surface area contributed by atoms with Crippen LogP contribution in [0.5, 0.6) is 0 Å². The average Bonchev–Trinajstić information content (AvgIpc) is 2.18. The Morgan fingerprint density at radius 1 is 1.64 bits per heavy atom. The maximum Gasteiger partial charge on any atom is 0.313 e. The summed E-state index contributed by atoms with van der Waals surface area (Å²) >= 11 is 0. The van der Waals surface area contributed by atoms with Crippen LogP contribution in [-0.2, 0) is 4.79 Å². The molecule has 0 amide bonds. The topological polar surface area (TPSA) is 37.3 Å². The molecule has 1 N–H and O–H groups in total. The Kier molecular flexibility index (Phi) is 2.22. The summed E-state index contributed by atoms with van der Waals surface area (Å²) in [6.07, 6.45) is 10.2. The Balaban J connectivity index is 2.37. The lowest BCUT2D eigenvalue weighted by Crippen LogP contribution is -2.36. The van der Waals surface area contributed by atoms with E-state index in [1.54, 1.807) is 0 Å². The van der Waals surface area contributed by atoms with Crippen LogP contribution in [-0.4, -0.2) is 11.1 Å². The van der Waals surface area contributed by atoms with Crippen molar-refractivity contribution in [3.8, 4) is 0 Å². The van der Waals surface area contributed by atoms with Gasteiger partial charge in [-0.3, -0.25) is 4.79 Å². The summed E-state index contributed by atoms with van der Waals surface area (Å²) in [6, 6.07) is 0. The second kappa shape index (κ2) is 3.26. The van der Waals surface area contributed by atoms with E-state index in [9.17, 15) is 9.90 Å². The largest absolute Gasteiger partial charge is 0.481 e. The van der Waals surface area contributed by atoms with Gasteiger partial charge in [0.15, 0.2) is 0 Å². The molecule has 0 spiro atoms. The standard InChI is InChI=1S/C12H16O2/c1-12(11(13)14)8-4-6-9-5-2-3-7-10(9)12/h2-3,7,9H,4-6,8H2,1H3,(H,13,14). The second-order valence-electron chi connectivity index (χ2n) is 4.51. The fourth-order valence-electron chi connectivity index (χ4n) is 2.66. The maximum atomic E-state index is 11.3. The quantitative estimate of drug-likeness (QED) is 0.693. The van der Waals surface area contributed by atoms with Gasteiger partial charge < -0.3 is 5.11 Å². The molecule has 0 heterocycles. The Morgan fingerprint density at radius 3 is 3.14 bits per heavy atom. The molecular weight excluding hydrogens is 176 g/mol. The SMILES string of the molecule is CC1(C(=O)O)CCCC2CC=CC=C21. The molecule has 0 aromatic rings. The van der Waals surface area contributed by atoms with Gasteiger partial charge in [0.05, 0.1) is 5.41 Å². The van der Waals surface area contributed by atoms with Crippen LogP contribution in [0.15, 0.2) is 23.8 Å². The zero-order chi connectivity index (χ0) is 10.2. The predicted octanol–water partition coefficient (Wildman–Crippen LogP) is 2.76. The highest BCUT2D eigenvalue weighted by Gasteiger charge is 2.42. The monoisotopic (exact) mass is 192 g/mol. The molecule has 0 aromatic heterocycles. The maximum absolute atomic E-state index is 11.3. The summed E-state index contributed by atoms with van der Waals surface area (Å²) in [5.41, 5.74) is 0.534. The molecule has 0 saturated heterocycles. The Labute approximate surface area is 84.3 Å². The number of hydrogen-bond acceptors (Lipinski definition) is 1. The van der Waals surface area contributed by atoms with Crippen molar-refractivity contribution in [1.29, 1.82) is 0 Å². The number of carboxylic acids is 1. The number of rotatable bonds is 1. The molecule has 2 rings (SSSR count). The van der Waals surface area contributed by atoms with Crippen LogP contribution in [0.25, 0.3) is 0 Å². The van der Waals surface area contributed by atoms with Gasteiger partial charge >= 0.3 is 5.97 Å². The average molecular weight is 192 g/mol. The normalized spacial score (nSPS) is 36.1. The van der Waals surface area contributed by atoms with E-state index in [0.29, 0.717) is 5.92 Å². The lowest BCUT2D eigenvalue weighted by Gasteiger charge is -2.39. The summed E-state index contributed by atoms with van der Waals surface area (Å²) in [4.78, 5) is 11.3. The molecule has 14 heavy (non-hydrogen) atoms. The van der Waals surface area contributed by atoms with Crippen molar-refractivity contribution in [2.24, 2.45) is 11.3 Å². The summed E-state index contributed by atoms with van der Waals surface area (Å²) in [7, 11) is 0. The first-order chi connectivity index (χ1) is 6.64. The highest BCUT2D eigenvalue weighted by Crippen LogP contribution is 2.46. The Hall–Kier alpha value is -1.05. The van der Waals surface area contributed by atoms with Crippen LogP contribution in [0.3, 0.4) is 0 Å². The van der Waals surface area contributed by atoms with E-state index < -0.39 is 11.4 Å². The molecule has 2 unspecified atom stereocenters. The van der Waals surface area contributed by atoms with Gasteiger partial charge in [-0.25, -0.2) is 0 Å². The minimum atomic E-state index is -0.663. The van der Waals surface area contributed by atoms with Crippen LogP contribution in [0.1, 0.15) is 32.6 Å². The summed E-state index contributed by atoms with van der Waals surface area (Å²) in [5, 5.41) is 9.27. The van der Waals surface area contributed by atoms with Crippen molar-refractivity contribution in [2.75, 3.05) is 0 Å². The van der Waals surface area contributed by atoms with Crippen LogP contribution in [0.4, 0.5) is 0 Å². The fourth-order valence-corrected chi connectivity index (χ4v) is 2.66. The molecule has 2 heteroatoms. The summed E-state index contributed by atoms with van der Waals surface area (Å²) in [6.45, 7) is 1.87. The number of allylic oxidation sites excluding steroid dienone is 3. The minimum absolute atomic E-state index is 0.481. The molecule has 0 aromatic carbocycles. The van der Waals surface area contributed by atoms with Crippen molar-refractivity contribution in [3.05, 3.63) is 23.8 Å². The Bertz CT molecular complexity index is 314. The zero-order valence-corrected chi connectivity index (χ0v) is 8.49. The highest BCUT2D eigenvalue weighted by molar-refractivity contribution is 5.78. The van der Waals surface area contributed by atoms with E-state index in [1.165, 1.54) is 0 Å². The van der Waals surface area contributed by atoms with Crippen LogP contribution in [0, 0.1) is 11.3 Å². The molecule has 0 radical (unpaired) electrons. The molecule has 1 fully saturated rings. The van der Waals surface area contributed by atoms with Gasteiger partial charge in [0.2, 0.25) is 0 Å². The number of aliphatic carboxylic acids is 1. The van der Waals surface area contributed by atoms with E-state index in [2.05, 4.69) is 6.08 Å². The van der Waals surface area contributed by atoms with Gasteiger partial charge in [-0.2, -0.15) is 0 Å². The van der Waals surface area contributed by atoms with E-state index >= 15 is 0 Å². The van der Waals surface area contributed by atoms with Gasteiger partial charge in [0, 0.05) is 0 Å². The molecule has 2 atom stereocenters. The van der Waals surface area contributed by atoms with Crippen molar-refractivity contribution in [2.45, 2.75) is 32.6 Å². The zero-order valence-electron chi connectivity index (χ0n) is 8.49. The first kappa shape index (κ1) is 9.50. The van der Waals surface area contributed by atoms with Gasteiger partial charge in [0.25, 0.3) is 0 Å². The lowest BCUT2D eigenvalue weighted by molar-refractivity contribution is -0.147.